The second-order valence-electron chi connectivity index (χ2n) is 3.18. The average Bonchev–Trinajstić information content (AvgIpc) is 2.71. The third-order valence-corrected chi connectivity index (χ3v) is 2.18. The Morgan fingerprint density at radius 2 is 2.21 bits per heavy atom. The van der Waals surface area contributed by atoms with Crippen LogP contribution in [0.15, 0.2) is 24.7 Å². The molecule has 0 atom stereocenters. The third kappa shape index (κ3) is 1.72. The summed E-state index contributed by atoms with van der Waals surface area (Å²) in [5.41, 5.74) is 0.499. The lowest BCUT2D eigenvalue weighted by atomic mass is 10.2. The number of hydrogen-bond donors (Lipinski definition) is 1. The van der Waals surface area contributed by atoms with Gasteiger partial charge in [-0.2, -0.15) is 5.26 Å². The minimum Gasteiger partial charge on any atom is -0.366 e. The molecule has 0 aromatic carbocycles. The highest BCUT2D eigenvalue weighted by molar-refractivity contribution is 5.50. The maximum Gasteiger partial charge on any atom is 0.147 e. The van der Waals surface area contributed by atoms with Gasteiger partial charge in [0.05, 0.1) is 6.20 Å². The molecule has 1 aliphatic carbocycles. The van der Waals surface area contributed by atoms with E-state index < -0.39 is 0 Å². The highest BCUT2D eigenvalue weighted by atomic mass is 15.0. The van der Waals surface area contributed by atoms with E-state index in [1.807, 2.05) is 0 Å². The Balaban J connectivity index is 2.12. The van der Waals surface area contributed by atoms with Crippen LogP contribution in [0.2, 0.25) is 0 Å². The topological polar surface area (TPSA) is 61.6 Å². The molecule has 0 saturated heterocycles. The lowest BCUT2D eigenvalue weighted by Gasteiger charge is -2.12. The largest absolute Gasteiger partial charge is 0.366 e. The van der Waals surface area contributed by atoms with Crippen molar-refractivity contribution in [2.75, 3.05) is 5.32 Å². The summed E-state index contributed by atoms with van der Waals surface area (Å²) >= 11 is 0. The van der Waals surface area contributed by atoms with Crippen LogP contribution in [0.25, 0.3) is 0 Å². The molecule has 0 spiro atoms. The number of aromatic nitrogens is 2. The molecule has 1 heterocycles. The number of hydrogen-bond acceptors (Lipinski definition) is 4. The normalized spacial score (nSPS) is 15.4. The predicted octanol–water partition coefficient (Wildman–Crippen LogP) is 1.48. The zero-order valence-electron chi connectivity index (χ0n) is 7.64. The molecule has 1 aromatic heterocycles. The van der Waals surface area contributed by atoms with Crippen LogP contribution in [-0.4, -0.2) is 16.0 Å². The molecule has 70 valence electrons. The van der Waals surface area contributed by atoms with E-state index in [4.69, 9.17) is 5.26 Å². The Morgan fingerprint density at radius 3 is 2.93 bits per heavy atom. The van der Waals surface area contributed by atoms with Crippen molar-refractivity contribution in [2.24, 2.45) is 0 Å². The Hall–Kier alpha value is -1.89. The van der Waals surface area contributed by atoms with E-state index in [0.717, 1.165) is 12.8 Å². The predicted molar refractivity (Wildman–Crippen MR) is 52.5 cm³/mol. The highest BCUT2D eigenvalue weighted by Crippen LogP contribution is 2.16. The molecule has 1 N–H and O–H groups in total. The summed E-state index contributed by atoms with van der Waals surface area (Å²) in [5.74, 6) is 0.635. The summed E-state index contributed by atoms with van der Waals surface area (Å²) in [6.45, 7) is 0. The van der Waals surface area contributed by atoms with Crippen LogP contribution < -0.4 is 5.32 Å². The Labute approximate surface area is 82.3 Å². The second kappa shape index (κ2) is 3.88. The van der Waals surface area contributed by atoms with Gasteiger partial charge in [0, 0.05) is 6.04 Å². The van der Waals surface area contributed by atoms with Gasteiger partial charge in [-0.15, -0.1) is 0 Å². The monoisotopic (exact) mass is 186 g/mol. The van der Waals surface area contributed by atoms with Crippen LogP contribution >= 0.6 is 0 Å². The number of anilines is 1. The highest BCUT2D eigenvalue weighted by Gasteiger charge is 2.12. The first-order chi connectivity index (χ1) is 6.90. The molecule has 0 aliphatic heterocycles. The Morgan fingerprint density at radius 1 is 1.43 bits per heavy atom. The van der Waals surface area contributed by atoms with E-state index in [2.05, 4.69) is 33.5 Å². The van der Waals surface area contributed by atoms with Crippen LogP contribution in [0.5, 0.6) is 0 Å². The molecule has 0 unspecified atom stereocenters. The van der Waals surface area contributed by atoms with Crippen LogP contribution in [0.3, 0.4) is 0 Å². The fraction of sp³-hybridized carbons (Fsp3) is 0.300. The molecule has 4 heteroatoms. The molecular formula is C10H10N4. The molecule has 2 rings (SSSR count). The van der Waals surface area contributed by atoms with Gasteiger partial charge in [0.25, 0.3) is 0 Å². The van der Waals surface area contributed by atoms with Gasteiger partial charge in [-0.3, -0.25) is 0 Å². The van der Waals surface area contributed by atoms with Crippen molar-refractivity contribution in [3.8, 4) is 6.07 Å². The molecule has 0 amide bonds. The zero-order valence-corrected chi connectivity index (χ0v) is 7.64. The first-order valence-electron chi connectivity index (χ1n) is 4.52. The van der Waals surface area contributed by atoms with Crippen molar-refractivity contribution in [3.63, 3.8) is 0 Å². The number of rotatable bonds is 2. The maximum atomic E-state index is 8.81. The fourth-order valence-electron chi connectivity index (χ4n) is 1.45. The number of nitrogens with one attached hydrogen (secondary N) is 1. The van der Waals surface area contributed by atoms with Crippen LogP contribution in [0, 0.1) is 11.3 Å². The molecule has 0 saturated carbocycles. The molecule has 4 nitrogen and oxygen atoms in total. The average molecular weight is 186 g/mol. The van der Waals surface area contributed by atoms with E-state index in [1.165, 1.54) is 12.5 Å². The van der Waals surface area contributed by atoms with Gasteiger partial charge >= 0.3 is 0 Å². The minimum absolute atomic E-state index is 0.372. The first kappa shape index (κ1) is 8.70. The summed E-state index contributed by atoms with van der Waals surface area (Å²) in [4.78, 5) is 7.84. The molecular weight excluding hydrogens is 176 g/mol. The van der Waals surface area contributed by atoms with Crippen LogP contribution in [0.1, 0.15) is 18.4 Å². The number of nitrogens with zero attached hydrogens (tertiary/aromatic N) is 3. The molecule has 0 bridgehead atoms. The minimum atomic E-state index is 0.372. The van der Waals surface area contributed by atoms with E-state index in [9.17, 15) is 0 Å². The smallest absolute Gasteiger partial charge is 0.147 e. The molecule has 1 aliphatic rings. The van der Waals surface area contributed by atoms with Crippen molar-refractivity contribution >= 4 is 5.82 Å². The zero-order chi connectivity index (χ0) is 9.80. The molecule has 0 fully saturated rings. The summed E-state index contributed by atoms with van der Waals surface area (Å²) in [5, 5.41) is 12.0. The van der Waals surface area contributed by atoms with Gasteiger partial charge in [0.1, 0.15) is 23.8 Å². The third-order valence-electron chi connectivity index (χ3n) is 2.18. The number of nitriles is 1. The van der Waals surface area contributed by atoms with Crippen molar-refractivity contribution in [1.82, 2.24) is 9.97 Å². The first-order valence-corrected chi connectivity index (χ1v) is 4.52. The van der Waals surface area contributed by atoms with Crippen LogP contribution in [-0.2, 0) is 0 Å². The van der Waals surface area contributed by atoms with Crippen molar-refractivity contribution in [1.29, 1.82) is 5.26 Å². The molecule has 1 aromatic rings. The fourth-order valence-corrected chi connectivity index (χ4v) is 1.45. The molecule has 14 heavy (non-hydrogen) atoms. The summed E-state index contributed by atoms with van der Waals surface area (Å²) < 4.78 is 0. The van der Waals surface area contributed by atoms with Gasteiger partial charge in [-0.1, -0.05) is 12.2 Å². The van der Waals surface area contributed by atoms with Crippen molar-refractivity contribution in [2.45, 2.75) is 18.9 Å². The Kier molecular flexibility index (Phi) is 2.41. The van der Waals surface area contributed by atoms with Gasteiger partial charge in [-0.25, -0.2) is 9.97 Å². The van der Waals surface area contributed by atoms with Gasteiger partial charge < -0.3 is 5.32 Å². The van der Waals surface area contributed by atoms with E-state index in [1.54, 1.807) is 0 Å². The summed E-state index contributed by atoms with van der Waals surface area (Å²) in [6, 6.07) is 2.43. The SMILES string of the molecule is N#Cc1cncnc1NC1CC=CC1. The van der Waals surface area contributed by atoms with Crippen molar-refractivity contribution in [3.05, 3.63) is 30.2 Å². The van der Waals surface area contributed by atoms with E-state index in [0.29, 0.717) is 17.4 Å². The Bertz CT molecular complexity index is 383. The standard InChI is InChI=1S/C10H10N4/c11-5-8-6-12-7-13-10(8)14-9-3-1-2-4-9/h1-2,6-7,9H,3-4H2,(H,12,13,14). The van der Waals surface area contributed by atoms with Crippen LogP contribution in [0.4, 0.5) is 5.82 Å². The molecule has 0 radical (unpaired) electrons. The lowest BCUT2D eigenvalue weighted by Crippen LogP contribution is -2.16. The lowest BCUT2D eigenvalue weighted by molar-refractivity contribution is 0.779. The summed E-state index contributed by atoms with van der Waals surface area (Å²) in [7, 11) is 0. The quantitative estimate of drug-likeness (QED) is 0.710. The van der Waals surface area contributed by atoms with E-state index >= 15 is 0 Å². The maximum absolute atomic E-state index is 8.81. The summed E-state index contributed by atoms with van der Waals surface area (Å²) in [6.07, 6.45) is 9.23. The van der Waals surface area contributed by atoms with Crippen molar-refractivity contribution < 1.29 is 0 Å². The second-order valence-corrected chi connectivity index (χ2v) is 3.18. The van der Waals surface area contributed by atoms with E-state index in [-0.39, 0.29) is 0 Å². The van der Waals surface area contributed by atoms with Gasteiger partial charge in [-0.05, 0) is 12.8 Å². The van der Waals surface area contributed by atoms with Gasteiger partial charge in [0.15, 0.2) is 0 Å². The van der Waals surface area contributed by atoms with Gasteiger partial charge in [0.2, 0.25) is 0 Å².